The molecule has 0 aromatic heterocycles. The van der Waals surface area contributed by atoms with Crippen molar-refractivity contribution in [1.82, 2.24) is 0 Å². The summed E-state index contributed by atoms with van der Waals surface area (Å²) < 4.78 is 53.9. The first kappa shape index (κ1) is 35.1. The van der Waals surface area contributed by atoms with Gasteiger partial charge in [-0.05, 0) is 65.5 Å². The topological polar surface area (TPSA) is 0 Å². The van der Waals surface area contributed by atoms with Crippen LogP contribution in [-0.4, -0.2) is 35.6 Å². The van der Waals surface area contributed by atoms with Crippen LogP contribution in [0.15, 0.2) is 21.4 Å². The minimum atomic E-state index is -2.78. The first-order valence-electron chi connectivity index (χ1n) is 16.1. The fourth-order valence-electron chi connectivity index (χ4n) is 11.6. The molecule has 0 amide bonds. The van der Waals surface area contributed by atoms with E-state index in [0.29, 0.717) is 10.4 Å². The van der Waals surface area contributed by atoms with Gasteiger partial charge in [-0.15, -0.1) is 0 Å². The van der Waals surface area contributed by atoms with E-state index in [9.17, 15) is 0 Å². The summed E-state index contributed by atoms with van der Waals surface area (Å²) in [6.45, 7) is 39.6. The maximum Gasteiger partial charge on any atom is 0.220 e. The molecule has 2 rings (SSSR count). The summed E-state index contributed by atoms with van der Waals surface area (Å²) in [5.74, 6) is -0.704. The lowest BCUT2D eigenvalue weighted by Gasteiger charge is -2.72. The molecule has 0 heterocycles. The summed E-state index contributed by atoms with van der Waals surface area (Å²) in [7, 11) is -8.14. The second-order valence-corrected chi connectivity index (χ2v) is 33.4. The Morgan fingerprint density at radius 1 is 0.359 bits per heavy atom. The van der Waals surface area contributed by atoms with Crippen LogP contribution in [0.5, 0.6) is 0 Å². The third kappa shape index (κ3) is 3.84. The van der Waals surface area contributed by atoms with E-state index in [1.165, 1.54) is 0 Å². The monoisotopic (exact) mass is 600 g/mol. The number of allylic oxidation sites excluding steroid dienone is 4. The number of rotatable bonds is 12. The van der Waals surface area contributed by atoms with E-state index in [1.54, 1.807) is 0 Å². The van der Waals surface area contributed by atoms with Crippen molar-refractivity contribution in [1.29, 1.82) is 0 Å². The highest BCUT2D eigenvalue weighted by Crippen LogP contribution is 2.79. The van der Waals surface area contributed by atoms with Crippen LogP contribution in [0.25, 0.3) is 0 Å². The summed E-state index contributed by atoms with van der Waals surface area (Å²) >= 11 is 0. The molecule has 2 aliphatic carbocycles. The molecule has 2 aliphatic rings. The first-order valence-corrected chi connectivity index (χ1v) is 22.8. The van der Waals surface area contributed by atoms with Gasteiger partial charge in [0, 0.05) is 0 Å². The SMILES string of the molecule is CC(C)[Si](C1=C(F)[C@]2(F)C([Si](C(C)C)(C(C)C)C(C)C)=C([Si](C(C)C)(C(C)C)C(C)C)[C@]12F)(C(C)C)C(C)C. The van der Waals surface area contributed by atoms with Crippen molar-refractivity contribution < 1.29 is 13.2 Å². The van der Waals surface area contributed by atoms with Crippen LogP contribution in [0.3, 0.4) is 0 Å². The lowest BCUT2D eigenvalue weighted by molar-refractivity contribution is -0.00547. The van der Waals surface area contributed by atoms with Crippen molar-refractivity contribution in [2.24, 2.45) is 0 Å². The van der Waals surface area contributed by atoms with Crippen LogP contribution in [0.4, 0.5) is 13.2 Å². The van der Waals surface area contributed by atoms with Gasteiger partial charge in [-0.3, -0.25) is 0 Å². The molecule has 2 atom stereocenters. The Morgan fingerprint density at radius 3 is 0.744 bits per heavy atom. The second-order valence-electron chi connectivity index (χ2n) is 15.9. The van der Waals surface area contributed by atoms with E-state index in [-0.39, 0.29) is 49.9 Å². The molecule has 0 unspecified atom stereocenters. The number of hydrogen-bond acceptors (Lipinski definition) is 0. The van der Waals surface area contributed by atoms with Crippen LogP contribution in [-0.2, 0) is 0 Å². The molecule has 0 aromatic carbocycles. The van der Waals surface area contributed by atoms with Crippen LogP contribution in [0, 0.1) is 0 Å². The van der Waals surface area contributed by atoms with Gasteiger partial charge in [0.1, 0.15) is 5.83 Å². The summed E-state index contributed by atoms with van der Waals surface area (Å²) in [6, 6.07) is 0. The molecule has 0 spiro atoms. The lowest BCUT2D eigenvalue weighted by atomic mass is 9.65. The third-order valence-corrected chi connectivity index (χ3v) is 34.0. The smallest absolute Gasteiger partial charge is 0.220 e. The molecule has 39 heavy (non-hydrogen) atoms. The zero-order valence-corrected chi connectivity index (χ0v) is 31.8. The number of alkyl halides is 2. The highest BCUT2D eigenvalue weighted by Gasteiger charge is 2.87. The van der Waals surface area contributed by atoms with E-state index in [2.05, 4.69) is 125 Å². The van der Waals surface area contributed by atoms with Gasteiger partial charge in [-0.2, -0.15) is 0 Å². The molecular formula is C33H63F3Si3. The van der Waals surface area contributed by atoms with Gasteiger partial charge in [0.15, 0.2) is 5.67 Å². The normalized spacial score (nSPS) is 25.1. The van der Waals surface area contributed by atoms with Gasteiger partial charge < -0.3 is 0 Å². The van der Waals surface area contributed by atoms with Crippen molar-refractivity contribution >= 4 is 24.2 Å². The van der Waals surface area contributed by atoms with Gasteiger partial charge in [-0.25, -0.2) is 13.2 Å². The molecule has 6 heteroatoms. The molecule has 228 valence electrons. The van der Waals surface area contributed by atoms with Crippen LogP contribution >= 0.6 is 0 Å². The Bertz CT molecular complexity index is 921. The fourth-order valence-corrected chi connectivity index (χ4v) is 34.6. The standard InChI is InChI=1S/C33H63F3Si3/c1-19(2)37(20(3)4,21(5)6)29-28(34)32(35)30(38(22(7)8,23(9)10)24(11)12)31(33(29,32)36)39(25(13)14,26(15)16)27(17)18/h19-27H,1-18H3/t32-,33+/m0/s1. The van der Waals surface area contributed by atoms with E-state index >= 15 is 13.2 Å². The van der Waals surface area contributed by atoms with E-state index in [0.717, 1.165) is 5.20 Å². The van der Waals surface area contributed by atoms with Gasteiger partial charge in [0.05, 0.1) is 24.2 Å². The van der Waals surface area contributed by atoms with Crippen LogP contribution < -0.4 is 0 Å². The number of hydrogen-bond donors (Lipinski definition) is 0. The van der Waals surface area contributed by atoms with Crippen molar-refractivity contribution in [3.8, 4) is 0 Å². The Kier molecular flexibility index (Phi) is 9.80. The average molecular weight is 601 g/mol. The highest BCUT2D eigenvalue weighted by molar-refractivity contribution is 6.99. The molecular weight excluding hydrogens is 538 g/mol. The highest BCUT2D eigenvalue weighted by atomic mass is 28.3. The molecule has 0 saturated carbocycles. The summed E-state index contributed by atoms with van der Waals surface area (Å²) in [6.07, 6.45) is 0. The maximum absolute atomic E-state index is 18.7. The Hall–Kier alpha value is -0.0794. The van der Waals surface area contributed by atoms with Gasteiger partial charge in [0.25, 0.3) is 0 Å². The zero-order valence-electron chi connectivity index (χ0n) is 28.8. The van der Waals surface area contributed by atoms with Crippen molar-refractivity contribution in [3.63, 3.8) is 0 Å². The minimum absolute atomic E-state index is 0.122. The molecule has 0 bridgehead atoms. The Labute approximate surface area is 244 Å². The van der Waals surface area contributed by atoms with Crippen LogP contribution in [0.1, 0.15) is 125 Å². The zero-order chi connectivity index (χ0) is 31.0. The molecule has 0 radical (unpaired) electrons. The maximum atomic E-state index is 18.7. The summed E-state index contributed by atoms with van der Waals surface area (Å²) in [4.78, 5) is 0. The third-order valence-electron chi connectivity index (χ3n) is 12.2. The Morgan fingerprint density at radius 2 is 0.538 bits per heavy atom. The van der Waals surface area contributed by atoms with E-state index < -0.39 is 41.4 Å². The lowest BCUT2D eigenvalue weighted by Crippen LogP contribution is -2.82. The summed E-state index contributed by atoms with van der Waals surface area (Å²) in [5, 5.41) is 1.81. The molecule has 0 N–H and O–H groups in total. The summed E-state index contributed by atoms with van der Waals surface area (Å²) in [5.41, 5.74) is -3.21. The molecule has 0 saturated heterocycles. The quantitative estimate of drug-likeness (QED) is 0.195. The predicted molar refractivity (Wildman–Crippen MR) is 176 cm³/mol. The fraction of sp³-hybridized carbons (Fsp3) is 0.879. The molecule has 0 nitrogen and oxygen atoms in total. The first-order chi connectivity index (χ1) is 17.5. The largest absolute Gasteiger partial charge is 0.230 e. The van der Waals surface area contributed by atoms with Crippen LogP contribution in [0.2, 0.25) is 49.9 Å². The minimum Gasteiger partial charge on any atom is -0.230 e. The molecule has 0 aromatic rings. The van der Waals surface area contributed by atoms with E-state index in [1.807, 2.05) is 0 Å². The van der Waals surface area contributed by atoms with Crippen molar-refractivity contribution in [2.45, 2.75) is 186 Å². The van der Waals surface area contributed by atoms with E-state index in [4.69, 9.17) is 0 Å². The number of halogens is 3. The Balaban J connectivity index is 3.34. The second kappa shape index (κ2) is 10.9. The molecule has 0 fully saturated rings. The average Bonchev–Trinajstić information content (AvgIpc) is 2.75. The number of fused-ring (bicyclic) bond motifs is 1. The van der Waals surface area contributed by atoms with Crippen molar-refractivity contribution in [3.05, 3.63) is 21.4 Å². The van der Waals surface area contributed by atoms with Crippen molar-refractivity contribution in [2.75, 3.05) is 0 Å². The van der Waals surface area contributed by atoms with Gasteiger partial charge in [-0.1, -0.05) is 125 Å². The molecule has 0 aliphatic heterocycles. The van der Waals surface area contributed by atoms with Gasteiger partial charge in [0.2, 0.25) is 5.67 Å². The predicted octanol–water partition coefficient (Wildman–Crippen LogP) is 12.6. The van der Waals surface area contributed by atoms with Gasteiger partial charge >= 0.3 is 0 Å².